The number of hydrogen-bond acceptors (Lipinski definition) is 4. The van der Waals surface area contributed by atoms with E-state index in [0.29, 0.717) is 0 Å². The molecule has 0 amide bonds. The van der Waals surface area contributed by atoms with Gasteiger partial charge in [-0.1, -0.05) is 6.42 Å². The number of nitrogens with zero attached hydrogens (tertiary/aromatic N) is 1. The van der Waals surface area contributed by atoms with E-state index in [9.17, 15) is 9.59 Å². The van der Waals surface area contributed by atoms with Gasteiger partial charge >= 0.3 is 5.97 Å². The van der Waals surface area contributed by atoms with E-state index >= 15 is 0 Å². The zero-order chi connectivity index (χ0) is 13.8. The fourth-order valence-electron chi connectivity index (χ4n) is 2.05. The predicted octanol–water partition coefficient (Wildman–Crippen LogP) is 2.32. The fourth-order valence-corrected chi connectivity index (χ4v) is 2.05. The quantitative estimate of drug-likeness (QED) is 0.360. The SMILES string of the molecule is COC(=O)C(=Cc1cncc(C)c1)C(=O)C1CCC1. The number of carbonyl (C=O) groups is 2. The van der Waals surface area contributed by atoms with Crippen molar-refractivity contribution in [3.8, 4) is 0 Å². The zero-order valence-electron chi connectivity index (χ0n) is 11.2. The first-order chi connectivity index (χ1) is 9.11. The average Bonchev–Trinajstić information content (AvgIpc) is 2.33. The molecule has 1 aromatic rings. The van der Waals surface area contributed by atoms with Crippen LogP contribution in [0.5, 0.6) is 0 Å². The standard InChI is InChI=1S/C15H17NO3/c1-10-6-11(9-16-8-10)7-13(15(18)19-2)14(17)12-4-3-5-12/h6-9,12H,3-5H2,1-2H3. The summed E-state index contributed by atoms with van der Waals surface area (Å²) in [4.78, 5) is 28.0. The topological polar surface area (TPSA) is 56.3 Å². The average molecular weight is 259 g/mol. The summed E-state index contributed by atoms with van der Waals surface area (Å²) in [5.41, 5.74) is 1.85. The van der Waals surface area contributed by atoms with Gasteiger partial charge in [0.15, 0.2) is 5.78 Å². The molecule has 0 N–H and O–H groups in total. The molecule has 0 radical (unpaired) electrons. The molecule has 2 rings (SSSR count). The number of carbonyl (C=O) groups excluding carboxylic acids is 2. The minimum atomic E-state index is -0.571. The molecule has 1 heterocycles. The molecule has 0 aliphatic heterocycles. The molecule has 1 saturated carbocycles. The second-order valence-corrected chi connectivity index (χ2v) is 4.84. The summed E-state index contributed by atoms with van der Waals surface area (Å²) < 4.78 is 4.71. The molecule has 4 nitrogen and oxygen atoms in total. The summed E-state index contributed by atoms with van der Waals surface area (Å²) in [5.74, 6) is -0.707. The summed E-state index contributed by atoms with van der Waals surface area (Å²) in [6.45, 7) is 1.91. The zero-order valence-corrected chi connectivity index (χ0v) is 11.2. The van der Waals surface area contributed by atoms with Crippen molar-refractivity contribution in [1.82, 2.24) is 4.98 Å². The van der Waals surface area contributed by atoms with Crippen molar-refractivity contribution >= 4 is 17.8 Å². The van der Waals surface area contributed by atoms with Crippen LogP contribution in [0.4, 0.5) is 0 Å². The van der Waals surface area contributed by atoms with Gasteiger partial charge in [-0.3, -0.25) is 9.78 Å². The molecular weight excluding hydrogens is 242 g/mol. The molecule has 0 bridgehead atoms. The Morgan fingerprint density at radius 1 is 1.37 bits per heavy atom. The van der Waals surface area contributed by atoms with Crippen molar-refractivity contribution in [3.05, 3.63) is 35.2 Å². The number of rotatable bonds is 4. The molecule has 1 aliphatic rings. The summed E-state index contributed by atoms with van der Waals surface area (Å²) in [7, 11) is 1.29. The number of Topliss-reactive ketones (excluding diaryl/α,β-unsaturated/α-hetero) is 1. The predicted molar refractivity (Wildman–Crippen MR) is 71.3 cm³/mol. The van der Waals surface area contributed by atoms with Gasteiger partial charge in [0, 0.05) is 18.3 Å². The summed E-state index contributed by atoms with van der Waals surface area (Å²) >= 11 is 0. The molecule has 0 spiro atoms. The van der Waals surface area contributed by atoms with E-state index in [1.165, 1.54) is 7.11 Å². The summed E-state index contributed by atoms with van der Waals surface area (Å²) in [6.07, 6.45) is 7.70. The van der Waals surface area contributed by atoms with E-state index in [1.54, 1.807) is 18.5 Å². The van der Waals surface area contributed by atoms with E-state index in [-0.39, 0.29) is 17.3 Å². The van der Waals surface area contributed by atoms with Crippen LogP contribution in [0.1, 0.15) is 30.4 Å². The second-order valence-electron chi connectivity index (χ2n) is 4.84. The van der Waals surface area contributed by atoms with Crippen molar-refractivity contribution in [1.29, 1.82) is 0 Å². The van der Waals surface area contributed by atoms with Crippen LogP contribution in [0, 0.1) is 12.8 Å². The molecule has 100 valence electrons. The van der Waals surface area contributed by atoms with E-state index in [0.717, 1.165) is 30.4 Å². The highest BCUT2D eigenvalue weighted by Gasteiger charge is 2.31. The lowest BCUT2D eigenvalue weighted by molar-refractivity contribution is -0.138. The molecular formula is C15H17NO3. The van der Waals surface area contributed by atoms with Crippen LogP contribution in [-0.4, -0.2) is 23.8 Å². The highest BCUT2D eigenvalue weighted by atomic mass is 16.5. The second kappa shape index (κ2) is 5.78. The van der Waals surface area contributed by atoms with Crippen molar-refractivity contribution in [3.63, 3.8) is 0 Å². The van der Waals surface area contributed by atoms with Crippen LogP contribution in [0.3, 0.4) is 0 Å². The first-order valence-corrected chi connectivity index (χ1v) is 6.37. The van der Waals surface area contributed by atoms with Crippen LogP contribution >= 0.6 is 0 Å². The first-order valence-electron chi connectivity index (χ1n) is 6.37. The minimum absolute atomic E-state index is 0.0249. The molecule has 1 fully saturated rings. The molecule has 19 heavy (non-hydrogen) atoms. The molecule has 1 aliphatic carbocycles. The smallest absolute Gasteiger partial charge is 0.341 e. The van der Waals surface area contributed by atoms with Gasteiger partial charge in [0.2, 0.25) is 0 Å². The monoisotopic (exact) mass is 259 g/mol. The third-order valence-electron chi connectivity index (χ3n) is 3.35. The lowest BCUT2D eigenvalue weighted by Gasteiger charge is -2.24. The van der Waals surface area contributed by atoms with Crippen LogP contribution in [-0.2, 0) is 14.3 Å². The number of esters is 1. The van der Waals surface area contributed by atoms with E-state index in [1.807, 2.05) is 13.0 Å². The number of aromatic nitrogens is 1. The van der Waals surface area contributed by atoms with Crippen LogP contribution in [0.15, 0.2) is 24.0 Å². The number of aryl methyl sites for hydroxylation is 1. The maximum absolute atomic E-state index is 12.2. The van der Waals surface area contributed by atoms with Gasteiger partial charge in [0.25, 0.3) is 0 Å². The van der Waals surface area contributed by atoms with Gasteiger partial charge in [-0.15, -0.1) is 0 Å². The Labute approximate surface area is 112 Å². The number of hydrogen-bond donors (Lipinski definition) is 0. The molecule has 0 unspecified atom stereocenters. The van der Waals surface area contributed by atoms with Gasteiger partial charge in [-0.2, -0.15) is 0 Å². The Bertz CT molecular complexity index is 530. The molecule has 1 aromatic heterocycles. The fraction of sp³-hybridized carbons (Fsp3) is 0.400. The third-order valence-corrected chi connectivity index (χ3v) is 3.35. The maximum atomic E-state index is 12.2. The Hall–Kier alpha value is -1.97. The lowest BCUT2D eigenvalue weighted by Crippen LogP contribution is -2.27. The van der Waals surface area contributed by atoms with Crippen molar-refractivity contribution < 1.29 is 14.3 Å². The van der Waals surface area contributed by atoms with E-state index in [2.05, 4.69) is 4.98 Å². The van der Waals surface area contributed by atoms with Crippen molar-refractivity contribution in [2.45, 2.75) is 26.2 Å². The number of ether oxygens (including phenoxy) is 1. The molecule has 4 heteroatoms. The molecule has 0 aromatic carbocycles. The van der Waals surface area contributed by atoms with Crippen molar-refractivity contribution in [2.24, 2.45) is 5.92 Å². The largest absolute Gasteiger partial charge is 0.465 e. The Balaban J connectivity index is 2.31. The van der Waals surface area contributed by atoms with Crippen LogP contribution in [0.2, 0.25) is 0 Å². The van der Waals surface area contributed by atoms with Crippen LogP contribution < -0.4 is 0 Å². The Morgan fingerprint density at radius 3 is 2.63 bits per heavy atom. The number of methoxy groups -OCH3 is 1. The number of pyridine rings is 1. The van der Waals surface area contributed by atoms with Gasteiger partial charge in [0.05, 0.1) is 7.11 Å². The van der Waals surface area contributed by atoms with Gasteiger partial charge in [0.1, 0.15) is 5.57 Å². The van der Waals surface area contributed by atoms with Gasteiger partial charge < -0.3 is 4.74 Å². The maximum Gasteiger partial charge on any atom is 0.341 e. The first kappa shape index (κ1) is 13.5. The number of ketones is 1. The summed E-state index contributed by atoms with van der Waals surface area (Å²) in [5, 5.41) is 0. The highest BCUT2D eigenvalue weighted by molar-refractivity contribution is 6.21. The molecule has 0 atom stereocenters. The Morgan fingerprint density at radius 2 is 2.11 bits per heavy atom. The van der Waals surface area contributed by atoms with E-state index < -0.39 is 5.97 Å². The van der Waals surface area contributed by atoms with Crippen molar-refractivity contribution in [2.75, 3.05) is 7.11 Å². The summed E-state index contributed by atoms with van der Waals surface area (Å²) in [6, 6.07) is 1.88. The normalized spacial score (nSPS) is 15.8. The lowest BCUT2D eigenvalue weighted by atomic mass is 9.79. The van der Waals surface area contributed by atoms with Crippen LogP contribution in [0.25, 0.3) is 6.08 Å². The van der Waals surface area contributed by atoms with Gasteiger partial charge in [-0.05, 0) is 43.0 Å². The van der Waals surface area contributed by atoms with Gasteiger partial charge in [-0.25, -0.2) is 4.79 Å². The highest BCUT2D eigenvalue weighted by Crippen LogP contribution is 2.30. The molecule has 0 saturated heterocycles. The Kier molecular flexibility index (Phi) is 4.10. The third kappa shape index (κ3) is 3.08. The minimum Gasteiger partial charge on any atom is -0.465 e. The van der Waals surface area contributed by atoms with E-state index in [4.69, 9.17) is 4.74 Å².